The number of nitrogens with two attached hydrogens (primary N) is 1. The summed E-state index contributed by atoms with van der Waals surface area (Å²) < 4.78 is 10.3. The van der Waals surface area contributed by atoms with E-state index in [2.05, 4.69) is 4.98 Å². The summed E-state index contributed by atoms with van der Waals surface area (Å²) in [7, 11) is 3.14. The number of thiocarbonyl (C=S) groups is 1. The van der Waals surface area contributed by atoms with E-state index >= 15 is 0 Å². The lowest BCUT2D eigenvalue weighted by Gasteiger charge is -2.11. The topological polar surface area (TPSA) is 57.4 Å². The van der Waals surface area contributed by atoms with Crippen molar-refractivity contribution in [2.24, 2.45) is 5.73 Å². The van der Waals surface area contributed by atoms with Gasteiger partial charge in [-0.05, 0) is 0 Å². The molecule has 0 fully saturated rings. The molecule has 0 saturated heterocycles. The maximum Gasteiger partial charge on any atom is 0.144 e. The van der Waals surface area contributed by atoms with Gasteiger partial charge >= 0.3 is 0 Å². The van der Waals surface area contributed by atoms with E-state index in [0.717, 1.165) is 5.56 Å². The van der Waals surface area contributed by atoms with Crippen molar-refractivity contribution < 1.29 is 9.47 Å². The number of rotatable bonds is 4. The Morgan fingerprint density at radius 2 is 1.86 bits per heavy atom. The minimum atomic E-state index is 0.396. The number of methoxy groups -OCH3 is 2. The molecule has 1 aromatic heterocycles. The average Bonchev–Trinajstić information content (AvgIpc) is 2.17. The van der Waals surface area contributed by atoms with E-state index in [1.54, 1.807) is 26.6 Å². The fourth-order valence-electron chi connectivity index (χ4n) is 1.15. The number of pyridine rings is 1. The molecule has 1 rings (SSSR count). The zero-order valence-electron chi connectivity index (χ0n) is 8.11. The predicted molar refractivity (Wildman–Crippen MR) is 57.8 cm³/mol. The van der Waals surface area contributed by atoms with Crippen molar-refractivity contribution in [2.45, 2.75) is 6.42 Å². The molecule has 0 spiro atoms. The van der Waals surface area contributed by atoms with Gasteiger partial charge < -0.3 is 15.2 Å². The molecule has 0 aliphatic carbocycles. The van der Waals surface area contributed by atoms with Crippen molar-refractivity contribution in [3.8, 4) is 11.5 Å². The quantitative estimate of drug-likeness (QED) is 0.752. The first kappa shape index (κ1) is 10.7. The van der Waals surface area contributed by atoms with Crippen LogP contribution in [0.25, 0.3) is 0 Å². The molecule has 1 aromatic rings. The fourth-order valence-corrected chi connectivity index (χ4v) is 1.29. The van der Waals surface area contributed by atoms with Gasteiger partial charge in [0.05, 0.1) is 31.6 Å². The van der Waals surface area contributed by atoms with E-state index in [-0.39, 0.29) is 0 Å². The molecule has 0 radical (unpaired) electrons. The number of hydrogen-bond donors (Lipinski definition) is 1. The molecule has 0 aliphatic heterocycles. The summed E-state index contributed by atoms with van der Waals surface area (Å²) in [5.41, 5.74) is 6.30. The normalized spacial score (nSPS) is 9.57. The molecule has 0 unspecified atom stereocenters. The summed E-state index contributed by atoms with van der Waals surface area (Å²) in [4.78, 5) is 4.36. The maximum absolute atomic E-state index is 5.47. The Labute approximate surface area is 88.0 Å². The number of nitrogens with zero attached hydrogens (tertiary/aromatic N) is 1. The van der Waals surface area contributed by atoms with Gasteiger partial charge in [0.1, 0.15) is 11.5 Å². The molecule has 1 heterocycles. The number of ether oxygens (including phenoxy) is 2. The molecule has 0 atom stereocenters. The minimum Gasteiger partial charge on any atom is -0.495 e. The summed E-state index contributed by atoms with van der Waals surface area (Å²) in [6.07, 6.45) is 3.66. The van der Waals surface area contributed by atoms with E-state index in [4.69, 9.17) is 27.4 Å². The van der Waals surface area contributed by atoms with Gasteiger partial charge in [-0.15, -0.1) is 0 Å². The van der Waals surface area contributed by atoms with Crippen LogP contribution < -0.4 is 15.2 Å². The van der Waals surface area contributed by atoms with Crippen molar-refractivity contribution in [1.29, 1.82) is 0 Å². The van der Waals surface area contributed by atoms with E-state index < -0.39 is 0 Å². The lowest BCUT2D eigenvalue weighted by molar-refractivity contribution is 0.384. The van der Waals surface area contributed by atoms with Crippen LogP contribution in [0.15, 0.2) is 12.4 Å². The molecule has 5 heteroatoms. The SMILES string of the molecule is COc1cncc(OC)c1CC(N)=S. The highest BCUT2D eigenvalue weighted by atomic mass is 32.1. The Morgan fingerprint density at radius 3 is 2.21 bits per heavy atom. The first-order valence-electron chi connectivity index (χ1n) is 4.02. The molecule has 0 amide bonds. The third kappa shape index (κ3) is 2.32. The van der Waals surface area contributed by atoms with Crippen molar-refractivity contribution in [3.05, 3.63) is 18.0 Å². The van der Waals surface area contributed by atoms with Gasteiger partial charge in [0.15, 0.2) is 0 Å². The van der Waals surface area contributed by atoms with Crippen LogP contribution in [-0.2, 0) is 6.42 Å². The van der Waals surface area contributed by atoms with Crippen molar-refractivity contribution >= 4 is 17.2 Å². The Bertz CT molecular complexity index is 319. The zero-order chi connectivity index (χ0) is 10.6. The number of hydrogen-bond acceptors (Lipinski definition) is 4. The molecule has 0 aliphatic rings. The summed E-state index contributed by atoms with van der Waals surface area (Å²) >= 11 is 4.84. The molecular weight excluding hydrogens is 200 g/mol. The highest BCUT2D eigenvalue weighted by Crippen LogP contribution is 2.26. The second-order valence-electron chi connectivity index (χ2n) is 2.67. The van der Waals surface area contributed by atoms with Crippen molar-refractivity contribution in [3.63, 3.8) is 0 Å². The van der Waals surface area contributed by atoms with Crippen LogP contribution in [-0.4, -0.2) is 24.2 Å². The van der Waals surface area contributed by atoms with Crippen LogP contribution in [0.1, 0.15) is 5.56 Å². The Hall–Kier alpha value is -1.36. The van der Waals surface area contributed by atoms with Gasteiger partial charge in [0.2, 0.25) is 0 Å². The molecule has 0 bridgehead atoms. The van der Waals surface area contributed by atoms with Gasteiger partial charge in [-0.25, -0.2) is 0 Å². The Balaban J connectivity index is 3.12. The average molecular weight is 212 g/mol. The molecule has 0 saturated carbocycles. The highest BCUT2D eigenvalue weighted by Gasteiger charge is 2.10. The summed E-state index contributed by atoms with van der Waals surface area (Å²) in [5, 5.41) is 0. The van der Waals surface area contributed by atoms with Crippen LogP contribution in [0.3, 0.4) is 0 Å². The smallest absolute Gasteiger partial charge is 0.144 e. The third-order valence-corrected chi connectivity index (χ3v) is 1.91. The van der Waals surface area contributed by atoms with Gasteiger partial charge in [-0.2, -0.15) is 0 Å². The van der Waals surface area contributed by atoms with Crippen LogP contribution in [0.4, 0.5) is 0 Å². The summed E-state index contributed by atoms with van der Waals surface area (Å²) in [6, 6.07) is 0. The van der Waals surface area contributed by atoms with Crippen molar-refractivity contribution in [2.75, 3.05) is 14.2 Å². The van der Waals surface area contributed by atoms with Crippen LogP contribution in [0.2, 0.25) is 0 Å². The van der Waals surface area contributed by atoms with E-state index in [1.165, 1.54) is 0 Å². The molecule has 4 nitrogen and oxygen atoms in total. The van der Waals surface area contributed by atoms with E-state index in [9.17, 15) is 0 Å². The van der Waals surface area contributed by atoms with Gasteiger partial charge in [-0.1, -0.05) is 12.2 Å². The molecule has 0 aromatic carbocycles. The molecule has 14 heavy (non-hydrogen) atoms. The van der Waals surface area contributed by atoms with E-state index in [0.29, 0.717) is 22.9 Å². The lowest BCUT2D eigenvalue weighted by atomic mass is 10.1. The van der Waals surface area contributed by atoms with E-state index in [1.807, 2.05) is 0 Å². The minimum absolute atomic E-state index is 0.396. The largest absolute Gasteiger partial charge is 0.495 e. The Kier molecular flexibility index (Phi) is 3.64. The fraction of sp³-hybridized carbons (Fsp3) is 0.333. The van der Waals surface area contributed by atoms with Gasteiger partial charge in [0.25, 0.3) is 0 Å². The molecular formula is C9H12N2O2S. The predicted octanol–water partition coefficient (Wildman–Crippen LogP) is 0.927. The molecule has 76 valence electrons. The summed E-state index contributed by atoms with van der Waals surface area (Å²) in [6.45, 7) is 0. The maximum atomic E-state index is 5.47. The van der Waals surface area contributed by atoms with Crippen LogP contribution >= 0.6 is 12.2 Å². The number of aromatic nitrogens is 1. The second-order valence-corrected chi connectivity index (χ2v) is 3.19. The zero-order valence-corrected chi connectivity index (χ0v) is 8.93. The monoisotopic (exact) mass is 212 g/mol. The van der Waals surface area contributed by atoms with Crippen LogP contribution in [0, 0.1) is 0 Å². The third-order valence-electron chi connectivity index (χ3n) is 1.77. The van der Waals surface area contributed by atoms with Crippen LogP contribution in [0.5, 0.6) is 11.5 Å². The first-order chi connectivity index (χ1) is 6.69. The molecule has 2 N–H and O–H groups in total. The Morgan fingerprint density at radius 1 is 1.36 bits per heavy atom. The first-order valence-corrected chi connectivity index (χ1v) is 4.43. The van der Waals surface area contributed by atoms with Gasteiger partial charge in [0, 0.05) is 12.0 Å². The second kappa shape index (κ2) is 4.76. The lowest BCUT2D eigenvalue weighted by Crippen LogP contribution is -2.12. The van der Waals surface area contributed by atoms with Crippen molar-refractivity contribution in [1.82, 2.24) is 4.98 Å². The highest BCUT2D eigenvalue weighted by molar-refractivity contribution is 7.80. The summed E-state index contributed by atoms with van der Waals surface area (Å²) in [5.74, 6) is 1.27. The van der Waals surface area contributed by atoms with Gasteiger partial charge in [-0.3, -0.25) is 4.98 Å². The standard InChI is InChI=1S/C9H12N2O2S/c1-12-7-4-11-5-8(13-2)6(7)3-9(10)14/h4-5H,3H2,1-2H3,(H2,10,14).